The molecule has 7 atom stereocenters. The highest BCUT2D eigenvalue weighted by Crippen LogP contribution is 2.68. The van der Waals surface area contributed by atoms with Crippen LogP contribution in [0.5, 0.6) is 0 Å². The van der Waals surface area contributed by atoms with E-state index in [1.54, 1.807) is 5.57 Å². The van der Waals surface area contributed by atoms with Gasteiger partial charge in [0.1, 0.15) is 0 Å². The van der Waals surface area contributed by atoms with Crippen molar-refractivity contribution in [3.8, 4) is 0 Å². The zero-order chi connectivity index (χ0) is 19.8. The van der Waals surface area contributed by atoms with E-state index in [1.807, 2.05) is 6.20 Å². The van der Waals surface area contributed by atoms with Crippen molar-refractivity contribution in [3.05, 3.63) is 41.6 Å². The lowest BCUT2D eigenvalue weighted by Gasteiger charge is -2.58. The van der Waals surface area contributed by atoms with Crippen molar-refractivity contribution in [3.63, 3.8) is 0 Å². The van der Waals surface area contributed by atoms with Crippen LogP contribution in [0, 0.1) is 28.6 Å². The van der Waals surface area contributed by atoms with Gasteiger partial charge < -0.3 is 5.11 Å². The second-order valence-electron chi connectivity index (χ2n) is 11.0. The molecule has 0 aliphatic heterocycles. The highest BCUT2D eigenvalue weighted by Gasteiger charge is 2.58. The molecule has 4 aliphatic rings. The topological polar surface area (TPSA) is 48.9 Å². The van der Waals surface area contributed by atoms with Crippen LogP contribution in [0.2, 0.25) is 0 Å². The lowest BCUT2D eigenvalue weighted by molar-refractivity contribution is -0.0409. The highest BCUT2D eigenvalue weighted by molar-refractivity contribution is 5.78. The molecule has 2 aromatic rings. The monoisotopic (exact) mass is 390 g/mol. The summed E-state index contributed by atoms with van der Waals surface area (Å²) in [6, 6.07) is 6.99. The molecule has 29 heavy (non-hydrogen) atoms. The SMILES string of the molecule is C[C@]12CC[C@H]3[C@@H](CC=C4C[C@@H](O)CC[C@@]43C)[C@@H]1CC[C@@H]2c1ccc2cn[nH]c2c1. The van der Waals surface area contributed by atoms with Gasteiger partial charge in [-0.1, -0.05) is 37.6 Å². The Labute approximate surface area is 174 Å². The molecule has 1 aromatic heterocycles. The molecule has 3 saturated carbocycles. The van der Waals surface area contributed by atoms with Crippen LogP contribution in [-0.4, -0.2) is 21.4 Å². The first-order valence-corrected chi connectivity index (χ1v) is 11.8. The third kappa shape index (κ3) is 2.49. The number of aromatic nitrogens is 2. The minimum atomic E-state index is -0.104. The Bertz CT molecular complexity index is 976. The van der Waals surface area contributed by atoms with Crippen LogP contribution >= 0.6 is 0 Å². The number of hydrogen-bond donors (Lipinski definition) is 2. The number of hydrogen-bond acceptors (Lipinski definition) is 2. The predicted octanol–water partition coefficient (Wildman–Crippen LogP) is 5.97. The Morgan fingerprint density at radius 3 is 2.86 bits per heavy atom. The number of aromatic amines is 1. The standard InChI is InChI=1S/C26H34N2O/c1-25-11-9-19(29)14-18(25)5-6-20-22-8-7-21(26(22,2)12-10-23(20)25)16-3-4-17-15-27-28-24(17)13-16/h3-5,13,15,19-23,29H,6-12,14H2,1-2H3,(H,27,28)/t19-,20-,21+,22-,23-,25-,26+/m0/s1. The van der Waals surface area contributed by atoms with E-state index in [4.69, 9.17) is 0 Å². The van der Waals surface area contributed by atoms with Gasteiger partial charge in [-0.25, -0.2) is 0 Å². The average molecular weight is 391 g/mol. The van der Waals surface area contributed by atoms with E-state index < -0.39 is 0 Å². The molecule has 4 aliphatic carbocycles. The number of fused-ring (bicyclic) bond motifs is 6. The molecule has 6 rings (SSSR count). The van der Waals surface area contributed by atoms with Crippen molar-refractivity contribution in [1.29, 1.82) is 0 Å². The average Bonchev–Trinajstić information content (AvgIpc) is 3.31. The van der Waals surface area contributed by atoms with E-state index in [9.17, 15) is 5.11 Å². The fourth-order valence-electron chi connectivity index (χ4n) is 8.36. The molecule has 1 heterocycles. The third-order valence-corrected chi connectivity index (χ3v) is 9.95. The van der Waals surface area contributed by atoms with Gasteiger partial charge in [-0.15, -0.1) is 0 Å². The quantitative estimate of drug-likeness (QED) is 0.589. The molecule has 3 nitrogen and oxygen atoms in total. The Hall–Kier alpha value is -1.61. The smallest absolute Gasteiger partial charge is 0.0653 e. The lowest BCUT2D eigenvalue weighted by Crippen LogP contribution is -2.50. The minimum Gasteiger partial charge on any atom is -0.393 e. The second kappa shape index (κ2) is 6.20. The molecule has 0 bridgehead atoms. The Morgan fingerprint density at radius 2 is 1.97 bits per heavy atom. The van der Waals surface area contributed by atoms with Gasteiger partial charge in [0.15, 0.2) is 0 Å². The number of aliphatic hydroxyl groups is 1. The number of benzene rings is 1. The zero-order valence-corrected chi connectivity index (χ0v) is 17.8. The molecule has 0 saturated heterocycles. The van der Waals surface area contributed by atoms with Crippen molar-refractivity contribution < 1.29 is 5.11 Å². The number of nitrogens with zero attached hydrogens (tertiary/aromatic N) is 1. The first kappa shape index (κ1) is 18.2. The number of allylic oxidation sites excluding steroid dienone is 1. The van der Waals surface area contributed by atoms with Gasteiger partial charge in [0.2, 0.25) is 0 Å². The van der Waals surface area contributed by atoms with Gasteiger partial charge >= 0.3 is 0 Å². The van der Waals surface area contributed by atoms with Crippen LogP contribution in [0.25, 0.3) is 10.9 Å². The maximum absolute atomic E-state index is 10.2. The molecular formula is C26H34N2O. The van der Waals surface area contributed by atoms with Crippen molar-refractivity contribution in [1.82, 2.24) is 10.2 Å². The van der Waals surface area contributed by atoms with Crippen LogP contribution in [0.15, 0.2) is 36.0 Å². The van der Waals surface area contributed by atoms with Gasteiger partial charge in [-0.3, -0.25) is 5.10 Å². The van der Waals surface area contributed by atoms with E-state index >= 15 is 0 Å². The Morgan fingerprint density at radius 1 is 1.07 bits per heavy atom. The van der Waals surface area contributed by atoms with Crippen LogP contribution < -0.4 is 0 Å². The summed E-state index contributed by atoms with van der Waals surface area (Å²) in [5.74, 6) is 3.17. The lowest BCUT2D eigenvalue weighted by atomic mass is 9.47. The van der Waals surface area contributed by atoms with Gasteiger partial charge in [0.25, 0.3) is 0 Å². The maximum Gasteiger partial charge on any atom is 0.0653 e. The van der Waals surface area contributed by atoms with E-state index in [1.165, 1.54) is 55.0 Å². The molecule has 3 heteroatoms. The number of nitrogens with one attached hydrogen (secondary N) is 1. The van der Waals surface area contributed by atoms with Gasteiger partial charge in [-0.2, -0.15) is 5.10 Å². The van der Waals surface area contributed by atoms with E-state index in [0.29, 0.717) is 16.7 Å². The molecule has 2 N–H and O–H groups in total. The predicted molar refractivity (Wildman–Crippen MR) is 117 cm³/mol. The molecule has 0 radical (unpaired) electrons. The van der Waals surface area contributed by atoms with E-state index in [-0.39, 0.29) is 6.10 Å². The van der Waals surface area contributed by atoms with E-state index in [0.717, 1.165) is 30.6 Å². The van der Waals surface area contributed by atoms with Crippen LogP contribution in [-0.2, 0) is 0 Å². The zero-order valence-electron chi connectivity index (χ0n) is 17.8. The van der Waals surface area contributed by atoms with Gasteiger partial charge in [-0.05, 0) is 97.5 Å². The minimum absolute atomic E-state index is 0.104. The molecule has 0 spiro atoms. The molecular weight excluding hydrogens is 356 g/mol. The van der Waals surface area contributed by atoms with Crippen molar-refractivity contribution in [2.24, 2.45) is 28.6 Å². The number of aliphatic hydroxyl groups excluding tert-OH is 1. The van der Waals surface area contributed by atoms with E-state index in [2.05, 4.69) is 48.3 Å². The second-order valence-corrected chi connectivity index (χ2v) is 11.0. The fraction of sp³-hybridized carbons (Fsp3) is 0.654. The summed E-state index contributed by atoms with van der Waals surface area (Å²) < 4.78 is 0. The first-order valence-electron chi connectivity index (χ1n) is 11.8. The molecule has 154 valence electrons. The van der Waals surface area contributed by atoms with Gasteiger partial charge in [0, 0.05) is 5.39 Å². The van der Waals surface area contributed by atoms with Crippen LogP contribution in [0.4, 0.5) is 0 Å². The fourth-order valence-corrected chi connectivity index (χ4v) is 8.36. The Kier molecular flexibility index (Phi) is 3.89. The number of H-pyrrole nitrogens is 1. The summed E-state index contributed by atoms with van der Waals surface area (Å²) in [5, 5.41) is 18.8. The van der Waals surface area contributed by atoms with Crippen molar-refractivity contribution in [2.75, 3.05) is 0 Å². The molecule has 0 unspecified atom stereocenters. The highest BCUT2D eigenvalue weighted by atomic mass is 16.3. The van der Waals surface area contributed by atoms with Crippen LogP contribution in [0.1, 0.15) is 76.7 Å². The summed E-state index contributed by atoms with van der Waals surface area (Å²) in [4.78, 5) is 0. The molecule has 3 fully saturated rings. The summed E-state index contributed by atoms with van der Waals surface area (Å²) in [5.41, 5.74) is 5.05. The normalized spacial score (nSPS) is 44.1. The number of rotatable bonds is 1. The van der Waals surface area contributed by atoms with Gasteiger partial charge in [0.05, 0.1) is 17.8 Å². The first-order chi connectivity index (χ1) is 14.0. The maximum atomic E-state index is 10.2. The van der Waals surface area contributed by atoms with Crippen molar-refractivity contribution >= 4 is 10.9 Å². The summed E-state index contributed by atoms with van der Waals surface area (Å²) in [6.07, 6.45) is 14.2. The van der Waals surface area contributed by atoms with Crippen molar-refractivity contribution in [2.45, 2.75) is 77.2 Å². The third-order valence-electron chi connectivity index (χ3n) is 9.95. The summed E-state index contributed by atoms with van der Waals surface area (Å²) in [6.45, 7) is 5.14. The van der Waals surface area contributed by atoms with Crippen LogP contribution in [0.3, 0.4) is 0 Å². The summed E-state index contributed by atoms with van der Waals surface area (Å²) >= 11 is 0. The molecule has 0 amide bonds. The molecule has 1 aromatic carbocycles. The Balaban J connectivity index is 1.33. The largest absolute Gasteiger partial charge is 0.393 e. The summed E-state index contributed by atoms with van der Waals surface area (Å²) in [7, 11) is 0.